The Balaban J connectivity index is 1.53. The van der Waals surface area contributed by atoms with Gasteiger partial charge in [0, 0.05) is 35.6 Å². The van der Waals surface area contributed by atoms with Crippen molar-refractivity contribution in [2.45, 2.75) is 38.4 Å². The number of halogens is 3. The molecule has 14 heteroatoms. The number of ether oxygens (including phenoxy) is 2. The molecule has 0 fully saturated rings. The summed E-state index contributed by atoms with van der Waals surface area (Å²) < 4.78 is 38.0. The lowest BCUT2D eigenvalue weighted by molar-refractivity contribution is -0.386. The van der Waals surface area contributed by atoms with Gasteiger partial charge < -0.3 is 14.4 Å². The number of carbonyl (C=O) groups excluding carboxylic acids is 1. The number of nitrogens with one attached hydrogen (secondary N) is 1. The molecule has 0 aliphatic rings. The molecule has 47 heavy (non-hydrogen) atoms. The van der Waals surface area contributed by atoms with Crippen molar-refractivity contribution in [2.24, 2.45) is 0 Å². The standard InChI is InChI=1S/C33H32Cl3N3O7S/c1-4-38(5-2)25-10-14-29(21(3)16-25)37-33(40)45-19-22-6-15-31(30(17-22)39(41)42)46-32(23-7-13-27(35)28(36)18-23)20-47(43,44)26-11-8-24(34)9-12-26/h6-18,32H,4-5,19-20H2,1-3H3,(H,37,40). The number of aryl methyl sites for hydroxylation is 1. The minimum Gasteiger partial charge on any atom is -0.478 e. The van der Waals surface area contributed by atoms with E-state index in [-0.39, 0.29) is 27.3 Å². The largest absolute Gasteiger partial charge is 0.478 e. The molecule has 0 spiro atoms. The number of anilines is 2. The van der Waals surface area contributed by atoms with Gasteiger partial charge in [-0.3, -0.25) is 15.4 Å². The SMILES string of the molecule is CCN(CC)c1ccc(NC(=O)OCc2ccc(OC(CS(=O)(=O)c3ccc(Cl)cc3)c3ccc(Cl)c(Cl)c3)c([N+](=O)[O-])c2)c(C)c1. The van der Waals surface area contributed by atoms with Crippen molar-refractivity contribution >= 4 is 67.8 Å². The normalized spacial score (nSPS) is 11.9. The lowest BCUT2D eigenvalue weighted by Crippen LogP contribution is -2.22. The lowest BCUT2D eigenvalue weighted by atomic mass is 10.1. The van der Waals surface area contributed by atoms with Crippen molar-refractivity contribution in [1.29, 1.82) is 0 Å². The van der Waals surface area contributed by atoms with Crippen molar-refractivity contribution in [3.05, 3.63) is 121 Å². The Morgan fingerprint density at radius 1 is 0.936 bits per heavy atom. The summed E-state index contributed by atoms with van der Waals surface area (Å²) in [5.41, 5.74) is 2.64. The van der Waals surface area contributed by atoms with Crippen LogP contribution in [-0.2, 0) is 21.2 Å². The van der Waals surface area contributed by atoms with Crippen LogP contribution < -0.4 is 15.0 Å². The Morgan fingerprint density at radius 2 is 1.64 bits per heavy atom. The van der Waals surface area contributed by atoms with Gasteiger partial charge in [0.2, 0.25) is 0 Å². The minimum atomic E-state index is -3.96. The molecule has 0 bridgehead atoms. The fourth-order valence-electron chi connectivity index (χ4n) is 4.77. The highest BCUT2D eigenvalue weighted by molar-refractivity contribution is 7.91. The number of amides is 1. The van der Waals surface area contributed by atoms with E-state index in [1.165, 1.54) is 60.7 Å². The van der Waals surface area contributed by atoms with E-state index in [1.54, 1.807) is 6.07 Å². The first-order valence-electron chi connectivity index (χ1n) is 14.5. The first-order valence-corrected chi connectivity index (χ1v) is 17.3. The fourth-order valence-corrected chi connectivity index (χ4v) is 6.60. The second kappa shape index (κ2) is 15.7. The summed E-state index contributed by atoms with van der Waals surface area (Å²) in [6, 6.07) is 19.7. The molecule has 0 saturated carbocycles. The number of sulfone groups is 1. The van der Waals surface area contributed by atoms with E-state index >= 15 is 0 Å². The molecule has 4 rings (SSSR count). The molecule has 1 atom stereocenters. The van der Waals surface area contributed by atoms with E-state index in [9.17, 15) is 23.3 Å². The number of nitro benzene ring substituents is 1. The van der Waals surface area contributed by atoms with E-state index in [0.717, 1.165) is 24.3 Å². The number of hydrogen-bond acceptors (Lipinski definition) is 8. The summed E-state index contributed by atoms with van der Waals surface area (Å²) >= 11 is 18.2. The van der Waals surface area contributed by atoms with Crippen LogP contribution in [0.3, 0.4) is 0 Å². The Hall–Kier alpha value is -4.03. The number of nitro groups is 1. The van der Waals surface area contributed by atoms with Gasteiger partial charge in [-0.2, -0.15) is 0 Å². The van der Waals surface area contributed by atoms with Crippen molar-refractivity contribution in [2.75, 3.05) is 29.1 Å². The summed E-state index contributed by atoms with van der Waals surface area (Å²) in [6.07, 6.45) is -1.95. The van der Waals surface area contributed by atoms with Crippen LogP contribution in [0.5, 0.6) is 5.75 Å². The van der Waals surface area contributed by atoms with Crippen LogP contribution in [0, 0.1) is 17.0 Å². The average molecular weight is 721 g/mol. The second-order valence-corrected chi connectivity index (χ2v) is 13.7. The topological polar surface area (TPSA) is 128 Å². The van der Waals surface area contributed by atoms with Gasteiger partial charge in [0.1, 0.15) is 12.7 Å². The molecule has 1 unspecified atom stereocenters. The summed E-state index contributed by atoms with van der Waals surface area (Å²) in [6.45, 7) is 7.42. The molecular weight excluding hydrogens is 689 g/mol. The van der Waals surface area contributed by atoms with Gasteiger partial charge in [0.25, 0.3) is 0 Å². The van der Waals surface area contributed by atoms with Crippen LogP contribution in [0.25, 0.3) is 0 Å². The second-order valence-electron chi connectivity index (χ2n) is 10.4. The van der Waals surface area contributed by atoms with Crippen molar-refractivity contribution in [3.8, 4) is 5.75 Å². The maximum atomic E-state index is 13.3. The number of benzene rings is 4. The number of rotatable bonds is 13. The number of hydrogen-bond donors (Lipinski definition) is 1. The maximum Gasteiger partial charge on any atom is 0.411 e. The first kappa shape index (κ1) is 35.8. The Kier molecular flexibility index (Phi) is 12.0. The van der Waals surface area contributed by atoms with E-state index in [0.29, 0.717) is 21.8 Å². The van der Waals surface area contributed by atoms with E-state index in [1.807, 2.05) is 19.1 Å². The van der Waals surface area contributed by atoms with Crippen LogP contribution in [0.4, 0.5) is 21.9 Å². The van der Waals surface area contributed by atoms with Gasteiger partial charge >= 0.3 is 11.8 Å². The van der Waals surface area contributed by atoms with Crippen LogP contribution in [0.15, 0.2) is 83.8 Å². The molecule has 0 saturated heterocycles. The zero-order valence-electron chi connectivity index (χ0n) is 25.7. The predicted octanol–water partition coefficient (Wildman–Crippen LogP) is 9.05. The highest BCUT2D eigenvalue weighted by Crippen LogP contribution is 2.35. The van der Waals surface area contributed by atoms with Crippen molar-refractivity contribution < 1.29 is 27.6 Å². The van der Waals surface area contributed by atoms with Crippen LogP contribution in [-0.4, -0.2) is 38.3 Å². The number of nitrogens with zero attached hydrogens (tertiary/aromatic N) is 2. The third-order valence-electron chi connectivity index (χ3n) is 7.29. The molecule has 248 valence electrons. The van der Waals surface area contributed by atoms with E-state index < -0.39 is 38.4 Å². The quantitative estimate of drug-likeness (QED) is 0.107. The molecule has 1 amide bonds. The van der Waals surface area contributed by atoms with Gasteiger partial charge in [0.05, 0.1) is 25.6 Å². The number of carbonyl (C=O) groups is 1. The minimum absolute atomic E-state index is 0.00846. The molecule has 4 aromatic carbocycles. The molecule has 0 aliphatic heterocycles. The lowest BCUT2D eigenvalue weighted by Gasteiger charge is -2.22. The molecule has 0 radical (unpaired) electrons. The van der Waals surface area contributed by atoms with Gasteiger partial charge in [0.15, 0.2) is 15.6 Å². The van der Waals surface area contributed by atoms with Gasteiger partial charge in [-0.1, -0.05) is 46.9 Å². The maximum absolute atomic E-state index is 13.3. The molecular formula is C33H32Cl3N3O7S. The third kappa shape index (κ3) is 9.29. The fraction of sp³-hybridized carbons (Fsp3) is 0.242. The molecule has 10 nitrogen and oxygen atoms in total. The van der Waals surface area contributed by atoms with E-state index in [2.05, 4.69) is 24.1 Å². The average Bonchev–Trinajstić information content (AvgIpc) is 3.03. The van der Waals surface area contributed by atoms with Crippen LogP contribution >= 0.6 is 34.8 Å². The predicted molar refractivity (Wildman–Crippen MR) is 185 cm³/mol. The molecule has 1 N–H and O–H groups in total. The molecule has 0 aromatic heterocycles. The van der Waals surface area contributed by atoms with Gasteiger partial charge in [-0.15, -0.1) is 0 Å². The van der Waals surface area contributed by atoms with Gasteiger partial charge in [-0.05, 0) is 98.1 Å². The monoisotopic (exact) mass is 719 g/mol. The summed E-state index contributed by atoms with van der Waals surface area (Å²) in [4.78, 5) is 26.2. The molecule has 0 heterocycles. The van der Waals surface area contributed by atoms with E-state index in [4.69, 9.17) is 44.3 Å². The Morgan fingerprint density at radius 3 is 2.26 bits per heavy atom. The van der Waals surface area contributed by atoms with Crippen LogP contribution in [0.2, 0.25) is 15.1 Å². The Bertz CT molecular complexity index is 1870. The van der Waals surface area contributed by atoms with Crippen molar-refractivity contribution in [3.63, 3.8) is 0 Å². The van der Waals surface area contributed by atoms with Crippen molar-refractivity contribution in [1.82, 2.24) is 0 Å². The zero-order chi connectivity index (χ0) is 34.3. The van der Waals surface area contributed by atoms with Gasteiger partial charge in [-0.25, -0.2) is 13.2 Å². The third-order valence-corrected chi connectivity index (χ3v) is 10.0. The highest BCUT2D eigenvalue weighted by Gasteiger charge is 2.28. The van der Waals surface area contributed by atoms with Crippen LogP contribution in [0.1, 0.15) is 36.6 Å². The first-order chi connectivity index (χ1) is 22.3. The zero-order valence-corrected chi connectivity index (χ0v) is 28.8. The molecule has 0 aliphatic carbocycles. The summed E-state index contributed by atoms with van der Waals surface area (Å²) in [7, 11) is -3.96. The summed E-state index contributed by atoms with van der Waals surface area (Å²) in [5, 5.41) is 15.5. The highest BCUT2D eigenvalue weighted by atomic mass is 35.5. The Labute approximate surface area is 288 Å². The molecule has 4 aromatic rings. The smallest absolute Gasteiger partial charge is 0.411 e. The summed E-state index contributed by atoms with van der Waals surface area (Å²) in [5.74, 6) is -0.779.